The molecule has 1 aliphatic rings. The van der Waals surface area contributed by atoms with E-state index >= 15 is 0 Å². The molecule has 0 radical (unpaired) electrons. The van der Waals surface area contributed by atoms with E-state index in [0.29, 0.717) is 12.0 Å². The van der Waals surface area contributed by atoms with Crippen molar-refractivity contribution in [3.8, 4) is 0 Å². The van der Waals surface area contributed by atoms with Gasteiger partial charge < -0.3 is 11.5 Å². The van der Waals surface area contributed by atoms with Crippen molar-refractivity contribution in [1.82, 2.24) is 0 Å². The Hall–Kier alpha value is -0.500. The van der Waals surface area contributed by atoms with Crippen LogP contribution < -0.4 is 11.5 Å². The van der Waals surface area contributed by atoms with Crippen LogP contribution in [-0.2, 0) is 0 Å². The minimum absolute atomic E-state index is 0.417. The summed E-state index contributed by atoms with van der Waals surface area (Å²) >= 11 is 0. The highest BCUT2D eigenvalue weighted by atomic mass is 14.7. The van der Waals surface area contributed by atoms with Crippen LogP contribution in [0.4, 0.5) is 0 Å². The van der Waals surface area contributed by atoms with E-state index in [4.69, 9.17) is 11.5 Å². The molecule has 11 heavy (non-hydrogen) atoms. The SMILES string of the molecule is NC=CC[C@H]1CCCC[C@H]1N. The first-order chi connectivity index (χ1) is 5.34. The fraction of sp³-hybridized carbons (Fsp3) is 0.778. The molecule has 4 N–H and O–H groups in total. The monoisotopic (exact) mass is 154 g/mol. The summed E-state index contributed by atoms with van der Waals surface area (Å²) in [5.41, 5.74) is 11.2. The first-order valence-corrected chi connectivity index (χ1v) is 4.47. The Bertz CT molecular complexity index is 132. The lowest BCUT2D eigenvalue weighted by Gasteiger charge is -2.27. The van der Waals surface area contributed by atoms with Gasteiger partial charge in [-0.1, -0.05) is 18.9 Å². The van der Waals surface area contributed by atoms with Crippen molar-refractivity contribution in [1.29, 1.82) is 0 Å². The van der Waals surface area contributed by atoms with Crippen LogP contribution in [0.1, 0.15) is 32.1 Å². The molecule has 1 rings (SSSR count). The second kappa shape index (κ2) is 4.39. The lowest BCUT2D eigenvalue weighted by atomic mass is 9.83. The quantitative estimate of drug-likeness (QED) is 0.631. The molecule has 0 saturated heterocycles. The molecule has 0 unspecified atom stereocenters. The maximum absolute atomic E-state index is 5.95. The molecule has 0 spiro atoms. The van der Waals surface area contributed by atoms with E-state index in [1.165, 1.54) is 25.7 Å². The van der Waals surface area contributed by atoms with Crippen LogP contribution in [0.15, 0.2) is 12.3 Å². The van der Waals surface area contributed by atoms with Gasteiger partial charge in [0.05, 0.1) is 0 Å². The standard InChI is InChI=1S/C9H18N2/c10-7-3-5-8-4-1-2-6-9(8)11/h3,7-9H,1-2,4-6,10-11H2/t8-,9-/m1/s1. The Kier molecular flexibility index (Phi) is 3.43. The van der Waals surface area contributed by atoms with Gasteiger partial charge in [0.25, 0.3) is 0 Å². The number of rotatable bonds is 2. The Labute approximate surface area is 68.6 Å². The summed E-state index contributed by atoms with van der Waals surface area (Å²) in [6, 6.07) is 0.417. The molecule has 1 saturated carbocycles. The average molecular weight is 154 g/mol. The summed E-state index contributed by atoms with van der Waals surface area (Å²) in [5, 5.41) is 0. The molecule has 0 aliphatic heterocycles. The molecular weight excluding hydrogens is 136 g/mol. The fourth-order valence-corrected chi connectivity index (χ4v) is 1.78. The zero-order valence-corrected chi connectivity index (χ0v) is 7.00. The molecular formula is C9H18N2. The highest BCUT2D eigenvalue weighted by Crippen LogP contribution is 2.25. The van der Waals surface area contributed by atoms with Gasteiger partial charge in [0.1, 0.15) is 0 Å². The van der Waals surface area contributed by atoms with Crippen molar-refractivity contribution in [2.45, 2.75) is 38.1 Å². The second-order valence-corrected chi connectivity index (χ2v) is 3.37. The van der Waals surface area contributed by atoms with Crippen molar-refractivity contribution in [3.05, 3.63) is 12.3 Å². The first kappa shape index (κ1) is 8.60. The number of hydrogen-bond donors (Lipinski definition) is 2. The molecule has 0 bridgehead atoms. The molecule has 0 aromatic rings. The molecule has 0 aromatic heterocycles. The van der Waals surface area contributed by atoms with Crippen LogP contribution in [0.3, 0.4) is 0 Å². The molecule has 2 heteroatoms. The summed E-state index contributed by atoms with van der Waals surface area (Å²) in [4.78, 5) is 0. The fourth-order valence-electron chi connectivity index (χ4n) is 1.78. The maximum atomic E-state index is 5.95. The second-order valence-electron chi connectivity index (χ2n) is 3.37. The lowest BCUT2D eigenvalue weighted by molar-refractivity contribution is 0.310. The van der Waals surface area contributed by atoms with E-state index in [9.17, 15) is 0 Å². The molecule has 1 aliphatic carbocycles. The van der Waals surface area contributed by atoms with Crippen molar-refractivity contribution >= 4 is 0 Å². The Morgan fingerprint density at radius 2 is 2.00 bits per heavy atom. The van der Waals surface area contributed by atoms with Gasteiger partial charge in [0.2, 0.25) is 0 Å². The summed E-state index contributed by atoms with van der Waals surface area (Å²) in [5.74, 6) is 0.684. The van der Waals surface area contributed by atoms with Crippen LogP contribution >= 0.6 is 0 Å². The summed E-state index contributed by atoms with van der Waals surface area (Å²) in [7, 11) is 0. The van der Waals surface area contributed by atoms with Gasteiger partial charge in [-0.15, -0.1) is 0 Å². The average Bonchev–Trinajstić information content (AvgIpc) is 2.03. The number of allylic oxidation sites excluding steroid dienone is 1. The molecule has 2 nitrogen and oxygen atoms in total. The molecule has 0 heterocycles. The third kappa shape index (κ3) is 2.54. The van der Waals surface area contributed by atoms with Gasteiger partial charge in [-0.3, -0.25) is 0 Å². The van der Waals surface area contributed by atoms with E-state index in [1.54, 1.807) is 6.20 Å². The molecule has 0 amide bonds. The lowest BCUT2D eigenvalue weighted by Crippen LogP contribution is -2.32. The zero-order chi connectivity index (χ0) is 8.10. The number of hydrogen-bond acceptors (Lipinski definition) is 2. The van der Waals surface area contributed by atoms with E-state index in [0.717, 1.165) is 6.42 Å². The minimum Gasteiger partial charge on any atom is -0.405 e. The van der Waals surface area contributed by atoms with Gasteiger partial charge in [-0.05, 0) is 31.4 Å². The van der Waals surface area contributed by atoms with Crippen LogP contribution in [-0.4, -0.2) is 6.04 Å². The summed E-state index contributed by atoms with van der Waals surface area (Å²) in [6.45, 7) is 0. The Morgan fingerprint density at radius 3 is 2.64 bits per heavy atom. The van der Waals surface area contributed by atoms with Crippen LogP contribution in [0, 0.1) is 5.92 Å². The van der Waals surface area contributed by atoms with Gasteiger partial charge in [0.15, 0.2) is 0 Å². The molecule has 0 aromatic carbocycles. The van der Waals surface area contributed by atoms with E-state index < -0.39 is 0 Å². The van der Waals surface area contributed by atoms with E-state index in [-0.39, 0.29) is 0 Å². The van der Waals surface area contributed by atoms with Crippen LogP contribution in [0.25, 0.3) is 0 Å². The normalized spacial score (nSPS) is 32.8. The largest absolute Gasteiger partial charge is 0.405 e. The van der Waals surface area contributed by atoms with E-state index in [1.807, 2.05) is 6.08 Å². The molecule has 1 fully saturated rings. The Balaban J connectivity index is 2.29. The van der Waals surface area contributed by atoms with Crippen LogP contribution in [0.5, 0.6) is 0 Å². The van der Waals surface area contributed by atoms with Crippen molar-refractivity contribution in [2.75, 3.05) is 0 Å². The van der Waals surface area contributed by atoms with E-state index in [2.05, 4.69) is 0 Å². The highest BCUT2D eigenvalue weighted by molar-refractivity contribution is 4.86. The zero-order valence-electron chi connectivity index (χ0n) is 7.00. The number of nitrogens with two attached hydrogens (primary N) is 2. The van der Waals surface area contributed by atoms with Gasteiger partial charge in [-0.25, -0.2) is 0 Å². The molecule has 64 valence electrons. The smallest absolute Gasteiger partial charge is 0.00701 e. The minimum atomic E-state index is 0.417. The topological polar surface area (TPSA) is 52.0 Å². The third-order valence-electron chi connectivity index (χ3n) is 2.54. The molecule has 2 atom stereocenters. The van der Waals surface area contributed by atoms with Crippen LogP contribution in [0.2, 0.25) is 0 Å². The van der Waals surface area contributed by atoms with Gasteiger partial charge in [0, 0.05) is 6.04 Å². The summed E-state index contributed by atoms with van der Waals surface area (Å²) < 4.78 is 0. The first-order valence-electron chi connectivity index (χ1n) is 4.47. The summed E-state index contributed by atoms with van der Waals surface area (Å²) in [6.07, 6.45) is 9.85. The van der Waals surface area contributed by atoms with Crippen molar-refractivity contribution in [3.63, 3.8) is 0 Å². The predicted molar refractivity (Wildman–Crippen MR) is 47.9 cm³/mol. The highest BCUT2D eigenvalue weighted by Gasteiger charge is 2.19. The Morgan fingerprint density at radius 1 is 1.27 bits per heavy atom. The van der Waals surface area contributed by atoms with Crippen molar-refractivity contribution in [2.24, 2.45) is 17.4 Å². The predicted octanol–water partition coefficient (Wildman–Crippen LogP) is 1.37. The maximum Gasteiger partial charge on any atom is 0.00701 e. The van der Waals surface area contributed by atoms with Gasteiger partial charge in [-0.2, -0.15) is 0 Å². The van der Waals surface area contributed by atoms with Gasteiger partial charge >= 0.3 is 0 Å². The third-order valence-corrected chi connectivity index (χ3v) is 2.54. The van der Waals surface area contributed by atoms with Crippen molar-refractivity contribution < 1.29 is 0 Å².